The first-order valence-electron chi connectivity index (χ1n) is 13.1. The number of carbonyl (C=O) groups is 2. The number of anilines is 2. The van der Waals surface area contributed by atoms with E-state index in [-0.39, 0.29) is 53.5 Å². The topological polar surface area (TPSA) is 128 Å². The zero-order chi connectivity index (χ0) is 29.7. The average molecular weight is 585 g/mol. The predicted molar refractivity (Wildman–Crippen MR) is 153 cm³/mol. The van der Waals surface area contributed by atoms with E-state index < -0.39 is 33.9 Å². The van der Waals surface area contributed by atoms with Crippen LogP contribution in [0.2, 0.25) is 0 Å². The molecular formula is C29H33FN4O6S. The summed E-state index contributed by atoms with van der Waals surface area (Å²) < 4.78 is 48.6. The first-order valence-corrected chi connectivity index (χ1v) is 14.6. The number of hydrogen-bond acceptors (Lipinski definition) is 6. The number of likely N-dealkylation sites (N-methyl/N-ethyl adjacent to an activating group) is 1. The van der Waals surface area contributed by atoms with Gasteiger partial charge in [-0.2, -0.15) is 0 Å². The molecule has 10 nitrogen and oxygen atoms in total. The van der Waals surface area contributed by atoms with E-state index in [0.717, 1.165) is 24.3 Å². The van der Waals surface area contributed by atoms with Crippen LogP contribution in [-0.2, 0) is 10.0 Å². The second-order valence-corrected chi connectivity index (χ2v) is 11.7. The van der Waals surface area contributed by atoms with Crippen LogP contribution in [0.4, 0.5) is 20.6 Å². The molecule has 0 spiro atoms. The maximum absolute atomic E-state index is 13.6. The average Bonchev–Trinajstić information content (AvgIpc) is 2.95. The second-order valence-electron chi connectivity index (χ2n) is 10.0. The quantitative estimate of drug-likeness (QED) is 0.367. The summed E-state index contributed by atoms with van der Waals surface area (Å²) in [5.74, 6) is -1.36. The van der Waals surface area contributed by atoms with Crippen LogP contribution in [0.5, 0.6) is 5.75 Å². The van der Waals surface area contributed by atoms with Gasteiger partial charge in [0.25, 0.3) is 15.9 Å². The number of aliphatic hydroxyl groups excluding tert-OH is 1. The molecule has 3 amide bonds. The van der Waals surface area contributed by atoms with E-state index in [0.29, 0.717) is 5.69 Å². The monoisotopic (exact) mass is 584 g/mol. The summed E-state index contributed by atoms with van der Waals surface area (Å²) in [6, 6.07) is 16.9. The van der Waals surface area contributed by atoms with Gasteiger partial charge in [-0.3, -0.25) is 9.52 Å². The number of ether oxygens (including phenoxy) is 1. The Kier molecular flexibility index (Phi) is 9.14. The zero-order valence-electron chi connectivity index (χ0n) is 23.0. The van der Waals surface area contributed by atoms with Crippen LogP contribution in [0, 0.1) is 11.7 Å². The smallest absolute Gasteiger partial charge is 0.321 e. The van der Waals surface area contributed by atoms with Gasteiger partial charge in [-0.15, -0.1) is 0 Å². The molecular weight excluding hydrogens is 551 g/mol. The molecule has 1 heterocycles. The van der Waals surface area contributed by atoms with Gasteiger partial charge < -0.3 is 25.0 Å². The molecule has 3 aromatic rings. The SMILES string of the molecule is C[C@H]1CN([C@@H](C)CO)C(=O)c2cccc(NS(=O)(=O)c3ccc(F)cc3)c2O[C@H]1CN(C)C(=O)Nc1ccccc1. The molecule has 0 aliphatic carbocycles. The van der Waals surface area contributed by atoms with Gasteiger partial charge in [0, 0.05) is 25.2 Å². The van der Waals surface area contributed by atoms with Gasteiger partial charge in [-0.05, 0) is 55.5 Å². The van der Waals surface area contributed by atoms with E-state index >= 15 is 0 Å². The first-order chi connectivity index (χ1) is 19.5. The van der Waals surface area contributed by atoms with Gasteiger partial charge in [0.05, 0.1) is 35.3 Å². The van der Waals surface area contributed by atoms with Crippen molar-refractivity contribution in [3.8, 4) is 5.75 Å². The van der Waals surface area contributed by atoms with Crippen LogP contribution in [0.15, 0.2) is 77.7 Å². The van der Waals surface area contributed by atoms with Crippen molar-refractivity contribution in [1.82, 2.24) is 9.80 Å². The van der Waals surface area contributed by atoms with Crippen LogP contribution in [-0.4, -0.2) is 74.2 Å². The van der Waals surface area contributed by atoms with Crippen molar-refractivity contribution in [2.24, 2.45) is 5.92 Å². The number of fused-ring (bicyclic) bond motifs is 1. The summed E-state index contributed by atoms with van der Waals surface area (Å²) in [7, 11) is -2.57. The van der Waals surface area contributed by atoms with Crippen molar-refractivity contribution in [2.45, 2.75) is 30.9 Å². The summed E-state index contributed by atoms with van der Waals surface area (Å²) in [4.78, 5) is 29.4. The number of benzene rings is 3. The highest BCUT2D eigenvalue weighted by molar-refractivity contribution is 7.92. The summed E-state index contributed by atoms with van der Waals surface area (Å²) in [5.41, 5.74) is 0.720. The highest BCUT2D eigenvalue weighted by Gasteiger charge is 2.35. The summed E-state index contributed by atoms with van der Waals surface area (Å²) in [6.45, 7) is 3.62. The Morgan fingerprint density at radius 3 is 2.46 bits per heavy atom. The lowest BCUT2D eigenvalue weighted by molar-refractivity contribution is 0.0373. The normalized spacial score (nSPS) is 17.9. The standard InChI is InChI=1S/C29H33FN4O6S/c1-19-16-34(20(2)18-35)28(36)24-10-7-11-25(32-41(38,39)23-14-12-21(30)13-15-23)27(24)40-26(19)17-33(3)29(37)31-22-8-5-4-6-9-22/h4-15,19-20,26,32,35H,16-18H2,1-3H3,(H,31,37)/t19-,20-,26-/m0/s1. The number of nitrogens with zero attached hydrogens (tertiary/aromatic N) is 2. The molecule has 0 bridgehead atoms. The van der Waals surface area contributed by atoms with Gasteiger partial charge in [0.15, 0.2) is 5.75 Å². The molecule has 0 saturated heterocycles. The van der Waals surface area contributed by atoms with Crippen molar-refractivity contribution in [2.75, 3.05) is 36.8 Å². The maximum atomic E-state index is 13.6. The minimum atomic E-state index is -4.17. The van der Waals surface area contributed by atoms with Gasteiger partial charge in [-0.25, -0.2) is 17.6 Å². The molecule has 0 aromatic heterocycles. The number of urea groups is 1. The highest BCUT2D eigenvalue weighted by Crippen LogP contribution is 2.36. The molecule has 1 aliphatic rings. The number of hydrogen-bond donors (Lipinski definition) is 3. The Morgan fingerprint density at radius 1 is 1.12 bits per heavy atom. The predicted octanol–water partition coefficient (Wildman–Crippen LogP) is 4.01. The van der Waals surface area contributed by atoms with Crippen LogP contribution < -0.4 is 14.8 Å². The number of halogens is 1. The number of nitrogens with one attached hydrogen (secondary N) is 2. The fourth-order valence-electron chi connectivity index (χ4n) is 4.45. The van der Waals surface area contributed by atoms with Gasteiger partial charge >= 0.3 is 6.03 Å². The Labute approximate surface area is 238 Å². The molecule has 12 heteroatoms. The van der Waals surface area contributed by atoms with E-state index in [1.165, 1.54) is 28.0 Å². The van der Waals surface area contributed by atoms with Gasteiger partial charge in [-0.1, -0.05) is 31.2 Å². The van der Waals surface area contributed by atoms with Crippen molar-refractivity contribution in [1.29, 1.82) is 0 Å². The Balaban J connectivity index is 1.69. The molecule has 0 saturated carbocycles. The fourth-order valence-corrected chi connectivity index (χ4v) is 5.51. The zero-order valence-corrected chi connectivity index (χ0v) is 23.8. The summed E-state index contributed by atoms with van der Waals surface area (Å²) >= 11 is 0. The minimum Gasteiger partial charge on any atom is -0.485 e. The Morgan fingerprint density at radius 2 is 1.80 bits per heavy atom. The van der Waals surface area contributed by atoms with Crippen molar-refractivity contribution < 1.29 is 32.2 Å². The fraction of sp³-hybridized carbons (Fsp3) is 0.310. The number of amides is 3. The Bertz CT molecular complexity index is 1490. The molecule has 0 unspecified atom stereocenters. The molecule has 3 atom stereocenters. The molecule has 218 valence electrons. The molecule has 1 aliphatic heterocycles. The third kappa shape index (κ3) is 6.95. The molecule has 41 heavy (non-hydrogen) atoms. The van der Waals surface area contributed by atoms with Crippen LogP contribution in [0.3, 0.4) is 0 Å². The number of para-hydroxylation sites is 2. The van der Waals surface area contributed by atoms with E-state index in [1.807, 2.05) is 13.0 Å². The third-order valence-electron chi connectivity index (χ3n) is 6.88. The number of rotatable bonds is 8. The number of aliphatic hydroxyl groups is 1. The summed E-state index contributed by atoms with van der Waals surface area (Å²) in [6.07, 6.45) is -0.668. The lowest BCUT2D eigenvalue weighted by Gasteiger charge is -2.38. The third-order valence-corrected chi connectivity index (χ3v) is 8.27. The Hall–Kier alpha value is -4.16. The lowest BCUT2D eigenvalue weighted by atomic mass is 9.99. The minimum absolute atomic E-state index is 0.00673. The van der Waals surface area contributed by atoms with E-state index in [9.17, 15) is 27.5 Å². The molecule has 4 rings (SSSR count). The van der Waals surface area contributed by atoms with Gasteiger partial charge in [0.1, 0.15) is 11.9 Å². The van der Waals surface area contributed by atoms with Crippen molar-refractivity contribution >= 4 is 33.3 Å². The van der Waals surface area contributed by atoms with Gasteiger partial charge in [0.2, 0.25) is 0 Å². The van der Waals surface area contributed by atoms with E-state index in [2.05, 4.69) is 10.0 Å². The number of carbonyl (C=O) groups excluding carboxylic acids is 2. The summed E-state index contributed by atoms with van der Waals surface area (Å²) in [5, 5.41) is 12.7. The number of sulfonamides is 1. The van der Waals surface area contributed by atoms with Crippen LogP contribution in [0.25, 0.3) is 0 Å². The molecule has 3 aromatic carbocycles. The molecule has 0 fully saturated rings. The molecule has 0 radical (unpaired) electrons. The van der Waals surface area contributed by atoms with E-state index in [4.69, 9.17) is 4.74 Å². The second kappa shape index (κ2) is 12.6. The lowest BCUT2D eigenvalue weighted by Crippen LogP contribution is -2.50. The van der Waals surface area contributed by atoms with Crippen molar-refractivity contribution in [3.63, 3.8) is 0 Å². The first kappa shape index (κ1) is 29.8. The van der Waals surface area contributed by atoms with Crippen LogP contribution in [0.1, 0.15) is 24.2 Å². The molecule has 3 N–H and O–H groups in total. The van der Waals surface area contributed by atoms with Crippen molar-refractivity contribution in [3.05, 3.63) is 84.2 Å². The van der Waals surface area contributed by atoms with Crippen LogP contribution >= 0.6 is 0 Å². The maximum Gasteiger partial charge on any atom is 0.321 e. The highest BCUT2D eigenvalue weighted by atomic mass is 32.2. The largest absolute Gasteiger partial charge is 0.485 e. The van der Waals surface area contributed by atoms with E-state index in [1.54, 1.807) is 38.2 Å².